The molecule has 3 heterocycles. The van der Waals surface area contributed by atoms with Crippen molar-refractivity contribution < 1.29 is 14.3 Å². The van der Waals surface area contributed by atoms with E-state index in [0.29, 0.717) is 16.6 Å². The normalized spacial score (nSPS) is 20.9. The molecule has 0 aromatic carbocycles. The maximum absolute atomic E-state index is 10.8. The summed E-state index contributed by atoms with van der Waals surface area (Å²) in [4.78, 5) is 18.9. The van der Waals surface area contributed by atoms with Gasteiger partial charge in [0.05, 0.1) is 17.1 Å². The standard InChI is InChI=1S/C14H13N5O3/c1-8(20)21-6-10-2-3-11(22-10)19-5-9(4-15)12-13(16)17-7-18-14(12)19/h2-3,5,7,10-11H,6H2,1H3,(H2,16,17,18)/t10?,11-/m1/s1. The molecule has 0 aliphatic carbocycles. The molecule has 2 aromatic heterocycles. The van der Waals surface area contributed by atoms with Crippen molar-refractivity contribution in [2.75, 3.05) is 12.3 Å². The van der Waals surface area contributed by atoms with Gasteiger partial charge in [-0.1, -0.05) is 0 Å². The summed E-state index contributed by atoms with van der Waals surface area (Å²) in [7, 11) is 0. The van der Waals surface area contributed by atoms with Crippen LogP contribution in [0.4, 0.5) is 5.82 Å². The number of esters is 1. The van der Waals surface area contributed by atoms with E-state index in [1.807, 2.05) is 6.42 Å². The van der Waals surface area contributed by atoms with Crippen LogP contribution in [-0.4, -0.2) is 33.2 Å². The summed E-state index contributed by atoms with van der Waals surface area (Å²) in [5, 5.41) is 9.73. The molecule has 2 aromatic rings. The van der Waals surface area contributed by atoms with Crippen molar-refractivity contribution in [2.45, 2.75) is 19.3 Å². The molecule has 0 saturated carbocycles. The van der Waals surface area contributed by atoms with Gasteiger partial charge in [-0.2, -0.15) is 5.26 Å². The molecule has 2 radical (unpaired) electrons. The number of rotatable bonds is 3. The molecule has 0 amide bonds. The molecule has 1 aliphatic rings. The summed E-state index contributed by atoms with van der Waals surface area (Å²) < 4.78 is 12.4. The SMILES string of the molecule is CC(=O)OCC1[CH][CH][C@H](n2cc(C#N)c3c(N)ncnc32)O1. The Labute approximate surface area is 126 Å². The van der Waals surface area contributed by atoms with E-state index in [1.54, 1.807) is 17.2 Å². The van der Waals surface area contributed by atoms with Gasteiger partial charge in [0.2, 0.25) is 0 Å². The number of nitriles is 1. The molecule has 8 heteroatoms. The zero-order valence-corrected chi connectivity index (χ0v) is 11.8. The Kier molecular flexibility index (Phi) is 3.65. The van der Waals surface area contributed by atoms with E-state index < -0.39 is 6.23 Å². The minimum absolute atomic E-state index is 0.143. The Morgan fingerprint density at radius 2 is 2.36 bits per heavy atom. The number of hydrogen-bond donors (Lipinski definition) is 1. The molecular formula is C14H13N5O3. The third-order valence-corrected chi connectivity index (χ3v) is 3.29. The zero-order valence-electron chi connectivity index (χ0n) is 11.8. The van der Waals surface area contributed by atoms with Gasteiger partial charge in [0, 0.05) is 26.0 Å². The van der Waals surface area contributed by atoms with Crippen LogP contribution in [0.5, 0.6) is 0 Å². The Bertz CT molecular complexity index is 764. The van der Waals surface area contributed by atoms with Gasteiger partial charge in [0.25, 0.3) is 0 Å². The van der Waals surface area contributed by atoms with E-state index in [0.717, 1.165) is 0 Å². The fourth-order valence-electron chi connectivity index (χ4n) is 2.33. The minimum Gasteiger partial charge on any atom is -0.463 e. The molecular weight excluding hydrogens is 286 g/mol. The van der Waals surface area contributed by atoms with Crippen LogP contribution in [0.15, 0.2) is 12.5 Å². The number of ether oxygens (including phenoxy) is 2. The Hall–Kier alpha value is -2.66. The smallest absolute Gasteiger partial charge is 0.302 e. The molecule has 2 N–H and O–H groups in total. The lowest BCUT2D eigenvalue weighted by Gasteiger charge is -2.15. The molecule has 1 fully saturated rings. The monoisotopic (exact) mass is 299 g/mol. The number of nitrogen functional groups attached to an aromatic ring is 1. The first-order chi connectivity index (χ1) is 10.6. The van der Waals surface area contributed by atoms with Crippen LogP contribution in [0.25, 0.3) is 11.0 Å². The van der Waals surface area contributed by atoms with Crippen LogP contribution in [-0.2, 0) is 14.3 Å². The highest BCUT2D eigenvalue weighted by molar-refractivity contribution is 5.92. The predicted molar refractivity (Wildman–Crippen MR) is 75.8 cm³/mol. The second-order valence-corrected chi connectivity index (χ2v) is 4.77. The van der Waals surface area contributed by atoms with E-state index in [-0.39, 0.29) is 24.5 Å². The summed E-state index contributed by atoms with van der Waals surface area (Å²) in [5.41, 5.74) is 6.72. The topological polar surface area (TPSA) is 116 Å². The summed E-state index contributed by atoms with van der Waals surface area (Å²) >= 11 is 0. The minimum atomic E-state index is -0.445. The predicted octanol–water partition coefficient (Wildman–Crippen LogP) is 0.754. The van der Waals surface area contributed by atoms with Gasteiger partial charge >= 0.3 is 5.97 Å². The molecule has 8 nitrogen and oxygen atoms in total. The molecule has 1 saturated heterocycles. The van der Waals surface area contributed by atoms with Crippen LogP contribution in [0.2, 0.25) is 0 Å². The number of hydrogen-bond acceptors (Lipinski definition) is 7. The Balaban J connectivity index is 1.87. The largest absolute Gasteiger partial charge is 0.463 e. The van der Waals surface area contributed by atoms with Gasteiger partial charge in [0.1, 0.15) is 36.7 Å². The highest BCUT2D eigenvalue weighted by atomic mass is 16.6. The lowest BCUT2D eigenvalue weighted by Crippen LogP contribution is -2.18. The first-order valence-corrected chi connectivity index (χ1v) is 6.58. The van der Waals surface area contributed by atoms with Crippen molar-refractivity contribution in [1.82, 2.24) is 14.5 Å². The van der Waals surface area contributed by atoms with Crippen molar-refractivity contribution in [3.05, 3.63) is 30.9 Å². The fraction of sp³-hybridized carbons (Fsp3) is 0.286. The van der Waals surface area contributed by atoms with E-state index in [4.69, 9.17) is 15.2 Å². The molecule has 22 heavy (non-hydrogen) atoms. The zero-order chi connectivity index (χ0) is 15.7. The van der Waals surface area contributed by atoms with Crippen LogP contribution in [0.1, 0.15) is 18.7 Å². The van der Waals surface area contributed by atoms with Crippen molar-refractivity contribution in [3.63, 3.8) is 0 Å². The highest BCUT2D eigenvalue weighted by Gasteiger charge is 2.30. The number of anilines is 1. The maximum atomic E-state index is 10.8. The molecule has 1 aliphatic heterocycles. The van der Waals surface area contributed by atoms with Crippen LogP contribution in [0.3, 0.4) is 0 Å². The number of aromatic nitrogens is 3. The fourth-order valence-corrected chi connectivity index (χ4v) is 2.33. The first-order valence-electron chi connectivity index (χ1n) is 6.58. The number of carbonyl (C=O) groups excluding carboxylic acids is 1. The molecule has 1 unspecified atom stereocenters. The van der Waals surface area contributed by atoms with Gasteiger partial charge in [0.15, 0.2) is 0 Å². The summed E-state index contributed by atoms with van der Waals surface area (Å²) in [6.07, 6.45) is 5.79. The molecule has 0 spiro atoms. The van der Waals surface area contributed by atoms with Crippen molar-refractivity contribution in [2.24, 2.45) is 0 Å². The third-order valence-electron chi connectivity index (χ3n) is 3.29. The Morgan fingerprint density at radius 3 is 3.09 bits per heavy atom. The van der Waals surface area contributed by atoms with Crippen LogP contribution >= 0.6 is 0 Å². The average molecular weight is 299 g/mol. The summed E-state index contributed by atoms with van der Waals surface area (Å²) in [6.45, 7) is 1.48. The van der Waals surface area contributed by atoms with Gasteiger partial charge in [-0.05, 0) is 0 Å². The second kappa shape index (κ2) is 5.61. The summed E-state index contributed by atoms with van der Waals surface area (Å²) in [6, 6.07) is 2.08. The van der Waals surface area contributed by atoms with Gasteiger partial charge in [-0.15, -0.1) is 0 Å². The second-order valence-electron chi connectivity index (χ2n) is 4.77. The van der Waals surface area contributed by atoms with Gasteiger partial charge in [-0.3, -0.25) is 4.79 Å². The quantitative estimate of drug-likeness (QED) is 0.831. The van der Waals surface area contributed by atoms with Crippen molar-refractivity contribution in [1.29, 1.82) is 5.26 Å². The molecule has 3 rings (SSSR count). The van der Waals surface area contributed by atoms with E-state index >= 15 is 0 Å². The molecule has 112 valence electrons. The molecule has 2 atom stereocenters. The van der Waals surface area contributed by atoms with Crippen LogP contribution in [0, 0.1) is 24.2 Å². The van der Waals surface area contributed by atoms with E-state index in [2.05, 4.69) is 16.0 Å². The first kappa shape index (κ1) is 14.3. The van der Waals surface area contributed by atoms with Gasteiger partial charge in [-0.25, -0.2) is 9.97 Å². The van der Waals surface area contributed by atoms with Crippen LogP contribution < -0.4 is 5.73 Å². The van der Waals surface area contributed by atoms with E-state index in [9.17, 15) is 10.1 Å². The molecule has 0 bridgehead atoms. The van der Waals surface area contributed by atoms with E-state index in [1.165, 1.54) is 13.3 Å². The lowest BCUT2D eigenvalue weighted by molar-refractivity contribution is -0.144. The highest BCUT2D eigenvalue weighted by Crippen LogP contribution is 2.32. The third kappa shape index (κ3) is 2.46. The Morgan fingerprint density at radius 1 is 1.55 bits per heavy atom. The van der Waals surface area contributed by atoms with Gasteiger partial charge < -0.3 is 19.8 Å². The number of nitrogens with two attached hydrogens (primary N) is 1. The summed E-state index contributed by atoms with van der Waals surface area (Å²) in [5.74, 6) is -0.113. The van der Waals surface area contributed by atoms with Crippen molar-refractivity contribution >= 4 is 22.8 Å². The average Bonchev–Trinajstić information content (AvgIpc) is 3.09. The number of nitrogens with zero attached hydrogens (tertiary/aromatic N) is 4. The van der Waals surface area contributed by atoms with Crippen molar-refractivity contribution in [3.8, 4) is 6.07 Å². The number of carbonyl (C=O) groups is 1. The lowest BCUT2D eigenvalue weighted by atomic mass is 10.2. The maximum Gasteiger partial charge on any atom is 0.302 e. The number of fused-ring (bicyclic) bond motifs is 1.